The molecule has 1 amide bonds. The van der Waals surface area contributed by atoms with Gasteiger partial charge in [-0.1, -0.05) is 0 Å². The van der Waals surface area contributed by atoms with Crippen LogP contribution in [0.2, 0.25) is 0 Å². The molecular formula is C18H17N7O. The van der Waals surface area contributed by atoms with Gasteiger partial charge in [0.15, 0.2) is 11.5 Å². The van der Waals surface area contributed by atoms with Crippen molar-refractivity contribution in [3.05, 3.63) is 65.9 Å². The number of benzene rings is 1. The van der Waals surface area contributed by atoms with Crippen molar-refractivity contribution in [1.82, 2.24) is 14.5 Å². The topological polar surface area (TPSA) is 96.6 Å². The van der Waals surface area contributed by atoms with Crippen LogP contribution in [0.3, 0.4) is 0 Å². The van der Waals surface area contributed by atoms with E-state index in [1.807, 2.05) is 30.3 Å². The maximum absolute atomic E-state index is 12.8. The van der Waals surface area contributed by atoms with Gasteiger partial charge < -0.3 is 15.2 Å². The van der Waals surface area contributed by atoms with Crippen molar-refractivity contribution in [1.29, 1.82) is 0 Å². The molecule has 26 heavy (non-hydrogen) atoms. The van der Waals surface area contributed by atoms with E-state index in [9.17, 15) is 4.79 Å². The maximum atomic E-state index is 12.8. The number of pyridine rings is 1. The highest BCUT2D eigenvalue weighted by molar-refractivity contribution is 6.06. The highest BCUT2D eigenvalue weighted by atomic mass is 16.2. The van der Waals surface area contributed by atoms with Crippen molar-refractivity contribution >= 4 is 23.1 Å². The van der Waals surface area contributed by atoms with Gasteiger partial charge in [0.25, 0.3) is 5.91 Å². The molecule has 0 fully saturated rings. The van der Waals surface area contributed by atoms with Crippen LogP contribution in [0, 0.1) is 0 Å². The third-order valence-electron chi connectivity index (χ3n) is 4.12. The Kier molecular flexibility index (Phi) is 4.14. The van der Waals surface area contributed by atoms with Gasteiger partial charge in [-0.2, -0.15) is 10.2 Å². The monoisotopic (exact) mass is 347 g/mol. The Bertz CT molecular complexity index is 978. The molecule has 0 bridgehead atoms. The zero-order chi connectivity index (χ0) is 17.9. The minimum Gasteiger partial charge on any atom is -0.364 e. The Morgan fingerprint density at radius 2 is 2.08 bits per heavy atom. The Morgan fingerprint density at radius 1 is 1.23 bits per heavy atom. The standard InChI is InChI=1S/C18H17N7O/c1-25-11-21-17(20-9-12-4-6-19-7-5-12)16(25)18(26)23-14-2-3-15-13(8-14)10-22-24-15/h2-8,11,20H,9-10H2,1H3,(H,23,26). The smallest absolute Gasteiger partial charge is 0.276 e. The number of anilines is 2. The number of amides is 1. The second-order valence-electron chi connectivity index (χ2n) is 5.96. The molecule has 4 rings (SSSR count). The third kappa shape index (κ3) is 3.16. The Hall–Kier alpha value is -3.55. The van der Waals surface area contributed by atoms with Crippen LogP contribution in [0.5, 0.6) is 0 Å². The summed E-state index contributed by atoms with van der Waals surface area (Å²) in [5, 5.41) is 14.1. The van der Waals surface area contributed by atoms with E-state index in [1.165, 1.54) is 0 Å². The van der Waals surface area contributed by atoms with E-state index >= 15 is 0 Å². The maximum Gasteiger partial charge on any atom is 0.276 e. The van der Waals surface area contributed by atoms with Gasteiger partial charge in [-0.05, 0) is 35.9 Å². The van der Waals surface area contributed by atoms with Crippen LogP contribution in [-0.4, -0.2) is 20.4 Å². The average Bonchev–Trinajstić information content (AvgIpc) is 3.26. The number of nitrogens with one attached hydrogen (secondary N) is 2. The number of aryl methyl sites for hydroxylation is 1. The lowest BCUT2D eigenvalue weighted by molar-refractivity contribution is 0.102. The number of nitrogens with zero attached hydrogens (tertiary/aromatic N) is 5. The predicted octanol–water partition coefficient (Wildman–Crippen LogP) is 3.28. The zero-order valence-corrected chi connectivity index (χ0v) is 14.2. The van der Waals surface area contributed by atoms with Gasteiger partial charge >= 0.3 is 0 Å². The van der Waals surface area contributed by atoms with Crippen molar-refractivity contribution in [3.8, 4) is 0 Å². The molecule has 3 aromatic rings. The summed E-state index contributed by atoms with van der Waals surface area (Å²) >= 11 is 0. The van der Waals surface area contributed by atoms with E-state index in [1.54, 1.807) is 30.3 Å². The highest BCUT2D eigenvalue weighted by Crippen LogP contribution is 2.29. The second-order valence-corrected chi connectivity index (χ2v) is 5.96. The summed E-state index contributed by atoms with van der Waals surface area (Å²) in [5.41, 5.74) is 4.09. The molecule has 1 aliphatic heterocycles. The lowest BCUT2D eigenvalue weighted by atomic mass is 10.1. The fourth-order valence-electron chi connectivity index (χ4n) is 2.78. The largest absolute Gasteiger partial charge is 0.364 e. The normalized spacial score (nSPS) is 12.0. The Labute approximate surface area is 150 Å². The van der Waals surface area contributed by atoms with E-state index in [0.717, 1.165) is 16.8 Å². The molecular weight excluding hydrogens is 330 g/mol. The Balaban J connectivity index is 1.50. The first kappa shape index (κ1) is 15.9. The first-order valence-electron chi connectivity index (χ1n) is 8.16. The van der Waals surface area contributed by atoms with Crippen LogP contribution >= 0.6 is 0 Å². The first-order chi connectivity index (χ1) is 12.7. The summed E-state index contributed by atoms with van der Waals surface area (Å²) in [6, 6.07) is 9.40. The van der Waals surface area contributed by atoms with E-state index in [0.29, 0.717) is 30.3 Å². The fourth-order valence-corrected chi connectivity index (χ4v) is 2.78. The van der Waals surface area contributed by atoms with Crippen LogP contribution in [0.15, 0.2) is 59.3 Å². The zero-order valence-electron chi connectivity index (χ0n) is 14.2. The van der Waals surface area contributed by atoms with Crippen LogP contribution in [-0.2, 0) is 20.1 Å². The number of hydrogen-bond donors (Lipinski definition) is 2. The van der Waals surface area contributed by atoms with Crippen LogP contribution in [0.4, 0.5) is 17.2 Å². The SMILES string of the molecule is Cn1cnc(NCc2ccncc2)c1C(=O)Nc1ccc2c(c1)CN=N2. The van der Waals surface area contributed by atoms with Crippen LogP contribution in [0.25, 0.3) is 0 Å². The first-order valence-corrected chi connectivity index (χ1v) is 8.16. The van der Waals surface area contributed by atoms with E-state index in [4.69, 9.17) is 0 Å². The van der Waals surface area contributed by atoms with Crippen LogP contribution < -0.4 is 10.6 Å². The molecule has 2 aromatic heterocycles. The molecule has 2 N–H and O–H groups in total. The van der Waals surface area contributed by atoms with E-state index in [2.05, 4.69) is 30.8 Å². The number of hydrogen-bond acceptors (Lipinski definition) is 6. The summed E-state index contributed by atoms with van der Waals surface area (Å²) in [7, 11) is 1.79. The summed E-state index contributed by atoms with van der Waals surface area (Å²) < 4.78 is 1.70. The fraction of sp³-hybridized carbons (Fsp3) is 0.167. The molecule has 8 nitrogen and oxygen atoms in total. The molecule has 0 radical (unpaired) electrons. The number of imidazole rings is 1. The lowest BCUT2D eigenvalue weighted by Crippen LogP contribution is -2.17. The molecule has 0 saturated heterocycles. The minimum absolute atomic E-state index is 0.228. The van der Waals surface area contributed by atoms with Gasteiger partial charge in [0.05, 0.1) is 18.6 Å². The molecule has 0 spiro atoms. The summed E-state index contributed by atoms with van der Waals surface area (Å²) in [4.78, 5) is 21.1. The summed E-state index contributed by atoms with van der Waals surface area (Å²) in [5.74, 6) is 0.307. The van der Waals surface area contributed by atoms with Crippen LogP contribution in [0.1, 0.15) is 21.6 Å². The summed E-state index contributed by atoms with van der Waals surface area (Å²) in [6.07, 6.45) is 5.08. The molecule has 8 heteroatoms. The molecule has 0 unspecified atom stereocenters. The van der Waals surface area contributed by atoms with Crippen molar-refractivity contribution < 1.29 is 4.79 Å². The number of rotatable bonds is 5. The predicted molar refractivity (Wildman–Crippen MR) is 97.4 cm³/mol. The quantitative estimate of drug-likeness (QED) is 0.740. The molecule has 0 saturated carbocycles. The van der Waals surface area contributed by atoms with Crippen molar-refractivity contribution in [3.63, 3.8) is 0 Å². The molecule has 0 aliphatic carbocycles. The van der Waals surface area contributed by atoms with Gasteiger partial charge in [-0.15, -0.1) is 0 Å². The molecule has 3 heterocycles. The molecule has 1 aromatic carbocycles. The van der Waals surface area contributed by atoms with Gasteiger partial charge in [0, 0.05) is 37.2 Å². The van der Waals surface area contributed by atoms with Gasteiger partial charge in [0.1, 0.15) is 0 Å². The molecule has 1 aliphatic rings. The van der Waals surface area contributed by atoms with Crippen molar-refractivity contribution in [2.24, 2.45) is 17.3 Å². The third-order valence-corrected chi connectivity index (χ3v) is 4.12. The van der Waals surface area contributed by atoms with Gasteiger partial charge in [-0.25, -0.2) is 4.98 Å². The number of carbonyl (C=O) groups excluding carboxylic acids is 1. The van der Waals surface area contributed by atoms with Gasteiger partial charge in [-0.3, -0.25) is 9.78 Å². The lowest BCUT2D eigenvalue weighted by Gasteiger charge is -2.10. The number of azo groups is 1. The number of carbonyl (C=O) groups is 1. The highest BCUT2D eigenvalue weighted by Gasteiger charge is 2.18. The summed E-state index contributed by atoms with van der Waals surface area (Å²) in [6.45, 7) is 1.10. The van der Waals surface area contributed by atoms with Gasteiger partial charge in [0.2, 0.25) is 0 Å². The van der Waals surface area contributed by atoms with E-state index < -0.39 is 0 Å². The van der Waals surface area contributed by atoms with E-state index in [-0.39, 0.29) is 5.91 Å². The van der Waals surface area contributed by atoms with Crippen molar-refractivity contribution in [2.75, 3.05) is 10.6 Å². The molecule has 0 atom stereocenters. The minimum atomic E-state index is -0.228. The Morgan fingerprint density at radius 3 is 2.92 bits per heavy atom. The number of aromatic nitrogens is 3. The number of fused-ring (bicyclic) bond motifs is 1. The average molecular weight is 347 g/mol. The second kappa shape index (κ2) is 6.75. The van der Waals surface area contributed by atoms with Crippen molar-refractivity contribution in [2.45, 2.75) is 13.1 Å². The molecule has 130 valence electrons.